The summed E-state index contributed by atoms with van der Waals surface area (Å²) in [5, 5.41) is 0.481. The predicted octanol–water partition coefficient (Wildman–Crippen LogP) is 3.98. The van der Waals surface area contributed by atoms with E-state index in [1.807, 2.05) is 30.3 Å². The number of rotatable bonds is 4. The van der Waals surface area contributed by atoms with Crippen LogP contribution in [0.4, 0.5) is 5.69 Å². The highest BCUT2D eigenvalue weighted by molar-refractivity contribution is 6.43. The van der Waals surface area contributed by atoms with Crippen LogP contribution < -0.4 is 5.73 Å². The fourth-order valence-corrected chi connectivity index (χ4v) is 2.05. The van der Waals surface area contributed by atoms with Crippen LogP contribution in [0, 0.1) is 0 Å². The minimum Gasteiger partial charge on any atom is -0.462 e. The molecule has 0 spiro atoms. The van der Waals surface area contributed by atoms with Crippen LogP contribution in [0.25, 0.3) is 0 Å². The Morgan fingerprint density at radius 1 is 1.15 bits per heavy atom. The van der Waals surface area contributed by atoms with Crippen LogP contribution in [0.5, 0.6) is 0 Å². The molecule has 0 aromatic heterocycles. The normalized spacial score (nSPS) is 10.3. The Morgan fingerprint density at radius 2 is 1.85 bits per heavy atom. The maximum absolute atomic E-state index is 11.9. The van der Waals surface area contributed by atoms with E-state index in [9.17, 15) is 4.79 Å². The van der Waals surface area contributed by atoms with Crippen molar-refractivity contribution in [2.24, 2.45) is 0 Å². The molecule has 2 rings (SSSR count). The largest absolute Gasteiger partial charge is 0.462 e. The predicted molar refractivity (Wildman–Crippen MR) is 81.3 cm³/mol. The number of ether oxygens (including phenoxy) is 1. The van der Waals surface area contributed by atoms with Crippen molar-refractivity contribution in [1.82, 2.24) is 0 Å². The van der Waals surface area contributed by atoms with Gasteiger partial charge < -0.3 is 10.5 Å². The zero-order valence-electron chi connectivity index (χ0n) is 10.6. The molecule has 0 saturated heterocycles. The van der Waals surface area contributed by atoms with Crippen molar-refractivity contribution >= 4 is 34.9 Å². The summed E-state index contributed by atoms with van der Waals surface area (Å²) in [6.45, 7) is 0.295. The number of nitrogen functional groups attached to an aromatic ring is 1. The lowest BCUT2D eigenvalue weighted by atomic mass is 10.2. The number of hydrogen-bond acceptors (Lipinski definition) is 3. The maximum atomic E-state index is 11.9. The Kier molecular flexibility index (Phi) is 4.88. The molecular weight excluding hydrogens is 297 g/mol. The van der Waals surface area contributed by atoms with Crippen molar-refractivity contribution < 1.29 is 9.53 Å². The Morgan fingerprint density at radius 3 is 2.50 bits per heavy atom. The van der Waals surface area contributed by atoms with E-state index in [1.54, 1.807) is 0 Å². The van der Waals surface area contributed by atoms with Gasteiger partial charge in [0.25, 0.3) is 0 Å². The Bertz CT molecular complexity index is 592. The monoisotopic (exact) mass is 309 g/mol. The van der Waals surface area contributed by atoms with E-state index < -0.39 is 5.97 Å². The summed E-state index contributed by atoms with van der Waals surface area (Å²) in [5.74, 6) is -0.466. The van der Waals surface area contributed by atoms with E-state index in [0.717, 1.165) is 5.56 Å². The first-order chi connectivity index (χ1) is 9.58. The lowest BCUT2D eigenvalue weighted by Gasteiger charge is -2.07. The van der Waals surface area contributed by atoms with Crippen molar-refractivity contribution in [1.29, 1.82) is 0 Å². The highest BCUT2D eigenvalue weighted by atomic mass is 35.5. The second-order valence-corrected chi connectivity index (χ2v) is 5.02. The third-order valence-corrected chi connectivity index (χ3v) is 3.58. The zero-order chi connectivity index (χ0) is 14.5. The summed E-state index contributed by atoms with van der Waals surface area (Å²) in [5.41, 5.74) is 7.32. The lowest BCUT2D eigenvalue weighted by molar-refractivity contribution is 0.0509. The zero-order valence-corrected chi connectivity index (χ0v) is 12.1. The van der Waals surface area contributed by atoms with Gasteiger partial charge in [-0.05, 0) is 17.7 Å². The van der Waals surface area contributed by atoms with Gasteiger partial charge in [-0.3, -0.25) is 0 Å². The molecule has 0 saturated carbocycles. The number of carbonyl (C=O) groups excluding carboxylic acids is 1. The van der Waals surface area contributed by atoms with Gasteiger partial charge in [-0.15, -0.1) is 0 Å². The average Bonchev–Trinajstić information content (AvgIpc) is 2.45. The van der Waals surface area contributed by atoms with Gasteiger partial charge in [-0.1, -0.05) is 53.5 Å². The molecule has 2 aromatic carbocycles. The Balaban J connectivity index is 1.95. The lowest BCUT2D eigenvalue weighted by Crippen LogP contribution is -2.09. The van der Waals surface area contributed by atoms with Crippen molar-refractivity contribution in [3.63, 3.8) is 0 Å². The van der Waals surface area contributed by atoms with Crippen LogP contribution in [-0.4, -0.2) is 12.6 Å². The topological polar surface area (TPSA) is 52.3 Å². The van der Waals surface area contributed by atoms with Crippen LogP contribution in [0.15, 0.2) is 42.5 Å². The van der Waals surface area contributed by atoms with Crippen molar-refractivity contribution in [2.45, 2.75) is 6.42 Å². The second kappa shape index (κ2) is 6.64. The summed E-state index contributed by atoms with van der Waals surface area (Å²) in [6.07, 6.45) is 0.656. The van der Waals surface area contributed by atoms with Gasteiger partial charge in [0, 0.05) is 6.42 Å². The van der Waals surface area contributed by atoms with Crippen molar-refractivity contribution in [2.75, 3.05) is 12.3 Å². The van der Waals surface area contributed by atoms with E-state index in [1.165, 1.54) is 12.1 Å². The van der Waals surface area contributed by atoms with Gasteiger partial charge >= 0.3 is 5.97 Å². The summed E-state index contributed by atoms with van der Waals surface area (Å²) < 4.78 is 5.19. The first-order valence-corrected chi connectivity index (χ1v) is 6.79. The number of halogens is 2. The van der Waals surface area contributed by atoms with Crippen LogP contribution in [0.2, 0.25) is 10.0 Å². The van der Waals surface area contributed by atoms with E-state index in [4.69, 9.17) is 33.7 Å². The van der Waals surface area contributed by atoms with Crippen LogP contribution in [-0.2, 0) is 11.2 Å². The molecule has 0 aliphatic rings. The Labute approximate surface area is 127 Å². The molecule has 5 heteroatoms. The first-order valence-electron chi connectivity index (χ1n) is 6.03. The summed E-state index contributed by atoms with van der Waals surface area (Å²) in [6, 6.07) is 12.7. The molecule has 0 heterocycles. The molecule has 2 aromatic rings. The molecule has 0 amide bonds. The van der Waals surface area contributed by atoms with Crippen molar-refractivity contribution in [3.8, 4) is 0 Å². The average molecular weight is 310 g/mol. The molecule has 0 aliphatic heterocycles. The molecule has 0 unspecified atom stereocenters. The van der Waals surface area contributed by atoms with Gasteiger partial charge in [-0.25, -0.2) is 4.79 Å². The summed E-state index contributed by atoms with van der Waals surface area (Å²) in [7, 11) is 0. The molecule has 0 fully saturated rings. The van der Waals surface area contributed by atoms with E-state index in [-0.39, 0.29) is 15.7 Å². The van der Waals surface area contributed by atoms with Crippen LogP contribution >= 0.6 is 23.2 Å². The molecule has 20 heavy (non-hydrogen) atoms. The summed E-state index contributed by atoms with van der Waals surface area (Å²) in [4.78, 5) is 11.9. The number of hydrogen-bond donors (Lipinski definition) is 1. The van der Waals surface area contributed by atoms with E-state index in [0.29, 0.717) is 18.6 Å². The molecule has 2 N–H and O–H groups in total. The smallest absolute Gasteiger partial charge is 0.338 e. The number of carbonyl (C=O) groups is 1. The molecule has 104 valence electrons. The number of nitrogens with two attached hydrogens (primary N) is 1. The minimum absolute atomic E-state index is 0.238. The molecule has 0 radical (unpaired) electrons. The van der Waals surface area contributed by atoms with Crippen LogP contribution in [0.3, 0.4) is 0 Å². The highest BCUT2D eigenvalue weighted by Crippen LogP contribution is 2.29. The third-order valence-electron chi connectivity index (χ3n) is 2.76. The quantitative estimate of drug-likeness (QED) is 0.686. The van der Waals surface area contributed by atoms with Gasteiger partial charge in [0.1, 0.15) is 0 Å². The standard InChI is InChI=1S/C15H13Cl2NO2/c16-12-8-11(9-13(18)14(12)17)15(19)20-7-6-10-4-2-1-3-5-10/h1-5,8-9H,6-7,18H2. The number of esters is 1. The minimum atomic E-state index is -0.466. The number of benzene rings is 2. The fourth-order valence-electron chi connectivity index (χ4n) is 1.72. The van der Waals surface area contributed by atoms with E-state index in [2.05, 4.69) is 0 Å². The molecule has 0 bridgehead atoms. The molecule has 0 atom stereocenters. The van der Waals surface area contributed by atoms with Crippen molar-refractivity contribution in [3.05, 3.63) is 63.6 Å². The fraction of sp³-hybridized carbons (Fsp3) is 0.133. The van der Waals surface area contributed by atoms with Gasteiger partial charge in [0.05, 0.1) is 27.9 Å². The van der Waals surface area contributed by atoms with E-state index >= 15 is 0 Å². The Hall–Kier alpha value is -1.71. The first kappa shape index (κ1) is 14.7. The van der Waals surface area contributed by atoms with Gasteiger partial charge in [0.15, 0.2) is 0 Å². The molecule has 3 nitrogen and oxygen atoms in total. The number of anilines is 1. The second-order valence-electron chi connectivity index (χ2n) is 4.23. The maximum Gasteiger partial charge on any atom is 0.338 e. The third kappa shape index (κ3) is 3.65. The SMILES string of the molecule is Nc1cc(C(=O)OCCc2ccccc2)cc(Cl)c1Cl. The van der Waals surface area contributed by atoms with Gasteiger partial charge in [-0.2, -0.15) is 0 Å². The molecule has 0 aliphatic carbocycles. The summed E-state index contributed by atoms with van der Waals surface area (Å²) >= 11 is 11.7. The highest BCUT2D eigenvalue weighted by Gasteiger charge is 2.12. The van der Waals surface area contributed by atoms with Crippen LogP contribution in [0.1, 0.15) is 15.9 Å². The molecular formula is C15H13Cl2NO2. The van der Waals surface area contributed by atoms with Gasteiger partial charge in [0.2, 0.25) is 0 Å².